The monoisotopic (exact) mass is 312 g/mol. The van der Waals surface area contributed by atoms with Crippen LogP contribution in [0.5, 0.6) is 5.75 Å². The molecule has 0 spiro atoms. The van der Waals surface area contributed by atoms with Gasteiger partial charge in [-0.15, -0.1) is 0 Å². The Bertz CT molecular complexity index is 728. The molecule has 4 nitrogen and oxygen atoms in total. The molecule has 2 N–H and O–H groups in total. The minimum atomic E-state index is -0.0992. The van der Waals surface area contributed by atoms with Crippen molar-refractivity contribution in [2.45, 2.75) is 11.4 Å². The maximum absolute atomic E-state index is 12.3. The number of carbonyl (C=O) groups excluding carboxylic acids is 1. The summed E-state index contributed by atoms with van der Waals surface area (Å²) in [5, 5.41) is 6.07. The summed E-state index contributed by atoms with van der Waals surface area (Å²) < 4.78 is 5.29. The number of para-hydroxylation sites is 2. The van der Waals surface area contributed by atoms with E-state index in [0.717, 1.165) is 21.9 Å². The molecule has 3 rings (SSSR count). The number of benzene rings is 2. The van der Waals surface area contributed by atoms with Crippen molar-refractivity contribution in [3.8, 4) is 5.75 Å². The van der Waals surface area contributed by atoms with E-state index < -0.39 is 0 Å². The Labute approximate surface area is 133 Å². The van der Waals surface area contributed by atoms with Crippen LogP contribution in [0.25, 0.3) is 0 Å². The lowest BCUT2D eigenvalue weighted by Gasteiger charge is -2.17. The lowest BCUT2D eigenvalue weighted by molar-refractivity contribution is -0.116. The van der Waals surface area contributed by atoms with Crippen LogP contribution in [0.1, 0.15) is 5.56 Å². The van der Waals surface area contributed by atoms with Gasteiger partial charge in [-0.25, -0.2) is 0 Å². The van der Waals surface area contributed by atoms with E-state index in [1.807, 2.05) is 48.5 Å². The molecule has 1 aliphatic heterocycles. The molecule has 1 amide bonds. The minimum Gasteiger partial charge on any atom is -0.496 e. The molecule has 112 valence electrons. The molecule has 0 aliphatic carbocycles. The molecule has 1 heterocycles. The van der Waals surface area contributed by atoms with Gasteiger partial charge >= 0.3 is 0 Å². The fourth-order valence-electron chi connectivity index (χ4n) is 2.19. The summed E-state index contributed by atoms with van der Waals surface area (Å²) in [6, 6.07) is 15.6. The van der Waals surface area contributed by atoms with Gasteiger partial charge in [0.15, 0.2) is 0 Å². The zero-order valence-electron chi connectivity index (χ0n) is 12.1. The Hall–Kier alpha value is -2.40. The second-order valence-electron chi connectivity index (χ2n) is 4.75. The molecule has 2 aromatic rings. The fraction of sp³-hybridized carbons (Fsp3) is 0.118. The summed E-state index contributed by atoms with van der Waals surface area (Å²) in [6.45, 7) is 0.433. The van der Waals surface area contributed by atoms with E-state index >= 15 is 0 Å². The van der Waals surface area contributed by atoms with Crippen molar-refractivity contribution < 1.29 is 9.53 Å². The molecule has 1 aliphatic rings. The van der Waals surface area contributed by atoms with Crippen molar-refractivity contribution >= 4 is 23.4 Å². The molecule has 2 aromatic carbocycles. The first-order valence-corrected chi connectivity index (χ1v) is 7.73. The number of methoxy groups -OCH3 is 1. The van der Waals surface area contributed by atoms with E-state index in [2.05, 4.69) is 10.6 Å². The van der Waals surface area contributed by atoms with Gasteiger partial charge in [-0.1, -0.05) is 42.1 Å². The summed E-state index contributed by atoms with van der Waals surface area (Å²) in [5.41, 5.74) is 1.97. The van der Waals surface area contributed by atoms with Crippen LogP contribution < -0.4 is 15.4 Å². The predicted molar refractivity (Wildman–Crippen MR) is 88.8 cm³/mol. The van der Waals surface area contributed by atoms with Crippen LogP contribution in [0.15, 0.2) is 64.5 Å². The van der Waals surface area contributed by atoms with E-state index in [1.54, 1.807) is 13.3 Å². The van der Waals surface area contributed by atoms with Gasteiger partial charge in [0.25, 0.3) is 5.91 Å². The summed E-state index contributed by atoms with van der Waals surface area (Å²) in [6.07, 6.45) is 1.74. The van der Waals surface area contributed by atoms with Crippen molar-refractivity contribution in [2.75, 3.05) is 12.4 Å². The van der Waals surface area contributed by atoms with Crippen LogP contribution in [0.2, 0.25) is 0 Å². The highest BCUT2D eigenvalue weighted by Gasteiger charge is 2.17. The number of thioether (sulfide) groups is 1. The summed E-state index contributed by atoms with van der Waals surface area (Å²) in [5.74, 6) is 0.675. The Morgan fingerprint density at radius 2 is 1.95 bits per heavy atom. The van der Waals surface area contributed by atoms with Crippen LogP contribution in [0.4, 0.5) is 5.69 Å². The zero-order chi connectivity index (χ0) is 15.4. The number of hydrogen-bond acceptors (Lipinski definition) is 4. The topological polar surface area (TPSA) is 50.4 Å². The first-order chi connectivity index (χ1) is 10.8. The van der Waals surface area contributed by atoms with Crippen LogP contribution in [-0.4, -0.2) is 13.0 Å². The summed E-state index contributed by atoms with van der Waals surface area (Å²) >= 11 is 1.47. The fourth-order valence-corrected chi connectivity index (χ4v) is 3.09. The maximum atomic E-state index is 12.3. The number of carbonyl (C=O) groups is 1. The van der Waals surface area contributed by atoms with E-state index in [4.69, 9.17) is 4.74 Å². The number of ether oxygens (including phenoxy) is 1. The van der Waals surface area contributed by atoms with Gasteiger partial charge in [-0.3, -0.25) is 4.79 Å². The molecular formula is C17H16N2O2S. The molecule has 0 fully saturated rings. The smallest absolute Gasteiger partial charge is 0.259 e. The largest absolute Gasteiger partial charge is 0.496 e. The second kappa shape index (κ2) is 6.58. The molecule has 0 radical (unpaired) electrons. The lowest BCUT2D eigenvalue weighted by Crippen LogP contribution is -2.24. The molecule has 22 heavy (non-hydrogen) atoms. The second-order valence-corrected chi connectivity index (χ2v) is 5.83. The highest BCUT2D eigenvalue weighted by atomic mass is 32.2. The first kappa shape index (κ1) is 14.5. The maximum Gasteiger partial charge on any atom is 0.259 e. The molecule has 0 aromatic heterocycles. The van der Waals surface area contributed by atoms with Gasteiger partial charge in [0.05, 0.1) is 17.7 Å². The average Bonchev–Trinajstić information content (AvgIpc) is 2.59. The number of nitrogens with one attached hydrogen (secondary N) is 2. The molecule has 0 saturated carbocycles. The molecule has 0 saturated heterocycles. The molecular weight excluding hydrogens is 296 g/mol. The first-order valence-electron chi connectivity index (χ1n) is 6.91. The Morgan fingerprint density at radius 3 is 2.82 bits per heavy atom. The highest BCUT2D eigenvalue weighted by molar-refractivity contribution is 8.04. The quantitative estimate of drug-likeness (QED) is 0.909. The van der Waals surface area contributed by atoms with Crippen LogP contribution in [-0.2, 0) is 11.3 Å². The summed E-state index contributed by atoms with van der Waals surface area (Å²) in [4.78, 5) is 14.0. The predicted octanol–water partition coefficient (Wildman–Crippen LogP) is 3.37. The summed E-state index contributed by atoms with van der Waals surface area (Å²) in [7, 11) is 1.63. The van der Waals surface area contributed by atoms with Gasteiger partial charge in [0.1, 0.15) is 5.75 Å². The van der Waals surface area contributed by atoms with Crippen molar-refractivity contribution in [2.24, 2.45) is 0 Å². The number of fused-ring (bicyclic) bond motifs is 1. The number of hydrogen-bond donors (Lipinski definition) is 2. The Balaban J connectivity index is 1.65. The number of amides is 1. The molecule has 0 unspecified atom stereocenters. The van der Waals surface area contributed by atoms with Crippen LogP contribution >= 0.6 is 11.8 Å². The molecule has 0 bridgehead atoms. The number of anilines is 1. The van der Waals surface area contributed by atoms with Crippen LogP contribution in [0, 0.1) is 0 Å². The molecule has 5 heteroatoms. The van der Waals surface area contributed by atoms with Crippen molar-refractivity contribution in [3.63, 3.8) is 0 Å². The SMILES string of the molecule is COc1ccccc1CNC(=O)C1=CNc2ccccc2S1. The van der Waals surface area contributed by atoms with Gasteiger partial charge in [0.2, 0.25) is 0 Å². The van der Waals surface area contributed by atoms with Gasteiger partial charge < -0.3 is 15.4 Å². The van der Waals surface area contributed by atoms with Gasteiger partial charge in [-0.05, 0) is 18.2 Å². The Morgan fingerprint density at radius 1 is 1.18 bits per heavy atom. The van der Waals surface area contributed by atoms with Crippen molar-refractivity contribution in [1.29, 1.82) is 0 Å². The third-order valence-corrected chi connectivity index (χ3v) is 4.42. The minimum absolute atomic E-state index is 0.0992. The molecule has 0 atom stereocenters. The standard InChI is InChI=1S/C17H16N2O2S/c1-21-14-8-4-2-6-12(14)10-19-17(20)16-11-18-13-7-3-5-9-15(13)22-16/h2-9,11,18H,10H2,1H3,(H,19,20). The van der Waals surface area contributed by atoms with Crippen molar-refractivity contribution in [3.05, 3.63) is 65.2 Å². The van der Waals surface area contributed by atoms with Gasteiger partial charge in [-0.2, -0.15) is 0 Å². The van der Waals surface area contributed by atoms with Gasteiger partial charge in [0, 0.05) is 23.2 Å². The average molecular weight is 312 g/mol. The Kier molecular flexibility index (Phi) is 4.34. The third-order valence-electron chi connectivity index (χ3n) is 3.32. The number of rotatable bonds is 4. The van der Waals surface area contributed by atoms with Crippen LogP contribution in [0.3, 0.4) is 0 Å². The van der Waals surface area contributed by atoms with E-state index in [9.17, 15) is 4.79 Å². The van der Waals surface area contributed by atoms with E-state index in [1.165, 1.54) is 11.8 Å². The zero-order valence-corrected chi connectivity index (χ0v) is 12.9. The van der Waals surface area contributed by atoms with E-state index in [0.29, 0.717) is 11.4 Å². The van der Waals surface area contributed by atoms with Crippen molar-refractivity contribution in [1.82, 2.24) is 5.32 Å². The highest BCUT2D eigenvalue weighted by Crippen LogP contribution is 2.36. The normalized spacial score (nSPS) is 12.7. The lowest BCUT2D eigenvalue weighted by atomic mass is 10.2. The third kappa shape index (κ3) is 3.09. The van der Waals surface area contributed by atoms with E-state index in [-0.39, 0.29) is 5.91 Å².